The second-order valence-electron chi connectivity index (χ2n) is 7.55. The Kier molecular flexibility index (Phi) is 8.34. The zero-order chi connectivity index (χ0) is 20.8. The van der Waals surface area contributed by atoms with Gasteiger partial charge in [-0.25, -0.2) is 4.98 Å². The van der Waals surface area contributed by atoms with E-state index in [0.717, 1.165) is 56.4 Å². The van der Waals surface area contributed by atoms with Gasteiger partial charge in [0.2, 0.25) is 0 Å². The van der Waals surface area contributed by atoms with Crippen molar-refractivity contribution in [3.05, 3.63) is 72.1 Å². The van der Waals surface area contributed by atoms with Crippen molar-refractivity contribution in [3.8, 4) is 0 Å². The van der Waals surface area contributed by atoms with Crippen LogP contribution in [0.5, 0.6) is 0 Å². The Labute approximate surface area is 201 Å². The summed E-state index contributed by atoms with van der Waals surface area (Å²) >= 11 is 0. The molecule has 0 radical (unpaired) electrons. The maximum Gasteiger partial charge on any atom is 0.191 e. The third-order valence-electron chi connectivity index (χ3n) is 5.50. The van der Waals surface area contributed by atoms with Crippen LogP contribution in [0.15, 0.2) is 65.7 Å². The smallest absolute Gasteiger partial charge is 0.191 e. The second-order valence-corrected chi connectivity index (χ2v) is 7.55. The van der Waals surface area contributed by atoms with Gasteiger partial charge in [-0.15, -0.1) is 24.0 Å². The molecule has 4 rings (SSSR count). The van der Waals surface area contributed by atoms with Crippen LogP contribution in [-0.2, 0) is 13.1 Å². The number of nitrogens with zero attached hydrogens (tertiary/aromatic N) is 4. The molecule has 1 aromatic heterocycles. The van der Waals surface area contributed by atoms with Gasteiger partial charge in [0.05, 0.1) is 11.0 Å². The normalized spacial score (nSPS) is 13.5. The predicted octanol–water partition coefficient (Wildman–Crippen LogP) is 4.09. The van der Waals surface area contributed by atoms with E-state index < -0.39 is 0 Å². The number of hydrogen-bond donors (Lipinski definition) is 2. The van der Waals surface area contributed by atoms with E-state index in [9.17, 15) is 0 Å². The summed E-state index contributed by atoms with van der Waals surface area (Å²) in [4.78, 5) is 11.3. The lowest BCUT2D eigenvalue weighted by Gasteiger charge is -2.18. The number of nitrogens with one attached hydrogen (secondary N) is 2. The summed E-state index contributed by atoms with van der Waals surface area (Å²) in [5.41, 5.74) is 4.78. The average molecular weight is 530 g/mol. The molecule has 0 amide bonds. The van der Waals surface area contributed by atoms with Crippen molar-refractivity contribution < 1.29 is 0 Å². The summed E-state index contributed by atoms with van der Waals surface area (Å²) < 4.78 is 2.28. The van der Waals surface area contributed by atoms with Crippen molar-refractivity contribution >= 4 is 46.7 Å². The summed E-state index contributed by atoms with van der Waals surface area (Å²) in [6, 6.07) is 17.1. The fourth-order valence-corrected chi connectivity index (χ4v) is 3.84. The number of guanidine groups is 1. The molecule has 3 aromatic rings. The number of anilines is 1. The molecule has 0 saturated heterocycles. The maximum atomic E-state index is 4.64. The van der Waals surface area contributed by atoms with Gasteiger partial charge in [-0.05, 0) is 43.2 Å². The zero-order valence-corrected chi connectivity index (χ0v) is 20.5. The van der Waals surface area contributed by atoms with Gasteiger partial charge in [-0.1, -0.05) is 36.4 Å². The van der Waals surface area contributed by atoms with Crippen LogP contribution in [0.4, 0.5) is 5.69 Å². The lowest BCUT2D eigenvalue weighted by Crippen LogP contribution is -2.37. The van der Waals surface area contributed by atoms with Crippen LogP contribution in [0.1, 0.15) is 17.8 Å². The highest BCUT2D eigenvalue weighted by Gasteiger charge is 2.08. The highest BCUT2D eigenvalue weighted by Crippen LogP contribution is 2.18. The summed E-state index contributed by atoms with van der Waals surface area (Å²) in [6.45, 7) is 6.61. The number of rotatable bonds is 7. The number of aliphatic imine (C=N–C) groups is 1. The number of imidazole rings is 1. The Balaban J connectivity index is 0.00000272. The van der Waals surface area contributed by atoms with E-state index in [2.05, 4.69) is 91.6 Å². The first kappa shape index (κ1) is 23.1. The number of aromatic nitrogens is 2. The molecule has 1 aliphatic heterocycles. The monoisotopic (exact) mass is 530 g/mol. The van der Waals surface area contributed by atoms with Crippen LogP contribution in [0.25, 0.3) is 11.0 Å². The van der Waals surface area contributed by atoms with Gasteiger partial charge >= 0.3 is 0 Å². The molecule has 0 unspecified atom stereocenters. The molecule has 7 heteroatoms. The molecular formula is C24H31IN6. The van der Waals surface area contributed by atoms with E-state index in [1.54, 1.807) is 0 Å². The first-order valence-corrected chi connectivity index (χ1v) is 10.6. The first-order valence-electron chi connectivity index (χ1n) is 10.6. The minimum atomic E-state index is 0. The van der Waals surface area contributed by atoms with Crippen molar-refractivity contribution in [3.63, 3.8) is 0 Å². The number of halogens is 1. The van der Waals surface area contributed by atoms with Gasteiger partial charge in [0, 0.05) is 45.5 Å². The Morgan fingerprint density at radius 1 is 1.03 bits per heavy atom. The van der Waals surface area contributed by atoms with Gasteiger partial charge in [-0.3, -0.25) is 4.99 Å². The Morgan fingerprint density at radius 2 is 1.77 bits per heavy atom. The molecule has 0 spiro atoms. The quantitative estimate of drug-likeness (QED) is 0.159. The van der Waals surface area contributed by atoms with E-state index in [0.29, 0.717) is 0 Å². The third-order valence-corrected chi connectivity index (χ3v) is 5.50. The molecule has 2 aromatic carbocycles. The van der Waals surface area contributed by atoms with Crippen molar-refractivity contribution in [2.45, 2.75) is 26.4 Å². The highest BCUT2D eigenvalue weighted by molar-refractivity contribution is 14.0. The van der Waals surface area contributed by atoms with E-state index in [4.69, 9.17) is 0 Å². The molecule has 1 aliphatic rings. The Bertz CT molecular complexity index is 1030. The van der Waals surface area contributed by atoms with Crippen LogP contribution in [-0.4, -0.2) is 42.2 Å². The molecule has 0 saturated carbocycles. The van der Waals surface area contributed by atoms with Crippen molar-refractivity contribution in [1.29, 1.82) is 0 Å². The summed E-state index contributed by atoms with van der Waals surface area (Å²) in [5, 5.41) is 6.82. The SMILES string of the molecule is CN=C(NCCCn1c(C)nc2ccccc21)NCc1ccc(N2CC=CC2)cc1.I. The van der Waals surface area contributed by atoms with Crippen LogP contribution in [0.3, 0.4) is 0 Å². The van der Waals surface area contributed by atoms with Gasteiger partial charge in [0.15, 0.2) is 5.96 Å². The minimum absolute atomic E-state index is 0. The molecule has 2 heterocycles. The fraction of sp³-hybridized carbons (Fsp3) is 0.333. The van der Waals surface area contributed by atoms with Gasteiger partial charge < -0.3 is 20.1 Å². The van der Waals surface area contributed by atoms with Crippen LogP contribution >= 0.6 is 24.0 Å². The van der Waals surface area contributed by atoms with E-state index in [1.165, 1.54) is 16.8 Å². The Morgan fingerprint density at radius 3 is 2.52 bits per heavy atom. The number of fused-ring (bicyclic) bond motifs is 1. The van der Waals surface area contributed by atoms with Crippen LogP contribution in [0, 0.1) is 6.92 Å². The number of aryl methyl sites for hydroxylation is 2. The number of hydrogen-bond acceptors (Lipinski definition) is 3. The molecule has 6 nitrogen and oxygen atoms in total. The standard InChI is InChI=1S/C24H30N6.HI/c1-19-28-22-8-3-4-9-23(22)30(19)17-7-14-26-24(25-2)27-18-20-10-12-21(13-11-20)29-15-5-6-16-29;/h3-6,8-13H,7,14-18H2,1-2H3,(H2,25,26,27);1H. The van der Waals surface area contributed by atoms with Crippen LogP contribution < -0.4 is 15.5 Å². The molecule has 0 fully saturated rings. The fourth-order valence-electron chi connectivity index (χ4n) is 3.84. The molecule has 0 bridgehead atoms. The van der Waals surface area contributed by atoms with Gasteiger partial charge in [0.25, 0.3) is 0 Å². The second kappa shape index (κ2) is 11.2. The predicted molar refractivity (Wildman–Crippen MR) is 140 cm³/mol. The number of benzene rings is 2. The average Bonchev–Trinajstić information content (AvgIpc) is 3.42. The minimum Gasteiger partial charge on any atom is -0.364 e. The van der Waals surface area contributed by atoms with Gasteiger partial charge in [0.1, 0.15) is 5.82 Å². The molecule has 0 atom stereocenters. The molecule has 164 valence electrons. The van der Waals surface area contributed by atoms with Crippen molar-refractivity contribution in [1.82, 2.24) is 20.2 Å². The summed E-state index contributed by atoms with van der Waals surface area (Å²) in [5.74, 6) is 1.89. The molecule has 2 N–H and O–H groups in total. The van der Waals surface area contributed by atoms with E-state index in [1.807, 2.05) is 13.1 Å². The third kappa shape index (κ3) is 5.78. The largest absolute Gasteiger partial charge is 0.364 e. The molecule has 0 aliphatic carbocycles. The Hall–Kier alpha value is -2.55. The zero-order valence-electron chi connectivity index (χ0n) is 18.2. The maximum absolute atomic E-state index is 4.64. The molecular weight excluding hydrogens is 499 g/mol. The number of para-hydroxylation sites is 2. The topological polar surface area (TPSA) is 57.5 Å². The van der Waals surface area contributed by atoms with Crippen molar-refractivity contribution in [2.24, 2.45) is 4.99 Å². The summed E-state index contributed by atoms with van der Waals surface area (Å²) in [7, 11) is 1.81. The molecule has 31 heavy (non-hydrogen) atoms. The lowest BCUT2D eigenvalue weighted by molar-refractivity contribution is 0.624. The van der Waals surface area contributed by atoms with Gasteiger partial charge in [-0.2, -0.15) is 0 Å². The lowest BCUT2D eigenvalue weighted by atomic mass is 10.2. The van der Waals surface area contributed by atoms with E-state index >= 15 is 0 Å². The summed E-state index contributed by atoms with van der Waals surface area (Å²) in [6.07, 6.45) is 5.42. The van der Waals surface area contributed by atoms with E-state index in [-0.39, 0.29) is 24.0 Å². The van der Waals surface area contributed by atoms with Crippen LogP contribution in [0.2, 0.25) is 0 Å². The first-order chi connectivity index (χ1) is 14.7. The highest BCUT2D eigenvalue weighted by atomic mass is 127. The van der Waals surface area contributed by atoms with Crippen molar-refractivity contribution in [2.75, 3.05) is 31.6 Å².